The molecule has 7 nitrogen and oxygen atoms in total. The lowest BCUT2D eigenvalue weighted by Gasteiger charge is -2.47. The van der Waals surface area contributed by atoms with E-state index in [2.05, 4.69) is 0 Å². The molecule has 1 aromatic carbocycles. The Morgan fingerprint density at radius 2 is 1.85 bits per heavy atom. The lowest BCUT2D eigenvalue weighted by atomic mass is 9.72. The van der Waals surface area contributed by atoms with E-state index in [1.807, 2.05) is 35.2 Å². The summed E-state index contributed by atoms with van der Waals surface area (Å²) in [6.45, 7) is 1.78. The molecule has 0 aromatic heterocycles. The van der Waals surface area contributed by atoms with Crippen LogP contribution in [0.5, 0.6) is 0 Å². The van der Waals surface area contributed by atoms with Gasteiger partial charge < -0.3 is 20.3 Å². The van der Waals surface area contributed by atoms with Crippen LogP contribution in [-0.4, -0.2) is 60.8 Å². The minimum Gasteiger partial charge on any atom is -0.368 e. The van der Waals surface area contributed by atoms with Crippen LogP contribution in [0, 0.1) is 5.41 Å². The maximum absolute atomic E-state index is 12.9. The fraction of sp³-hybridized carbons (Fsp3) is 0.550. The molecule has 2 heterocycles. The molecule has 0 saturated carbocycles. The van der Waals surface area contributed by atoms with E-state index in [1.165, 1.54) is 0 Å². The van der Waals surface area contributed by atoms with Crippen LogP contribution in [0.2, 0.25) is 0 Å². The molecule has 27 heavy (non-hydrogen) atoms. The Morgan fingerprint density at radius 3 is 2.44 bits per heavy atom. The number of nitrogens with zero attached hydrogens (tertiary/aromatic N) is 2. The van der Waals surface area contributed by atoms with Crippen molar-refractivity contribution in [1.82, 2.24) is 9.80 Å². The second-order valence-electron chi connectivity index (χ2n) is 7.57. The minimum atomic E-state index is -0.598. The van der Waals surface area contributed by atoms with Gasteiger partial charge in [-0.3, -0.25) is 14.4 Å². The molecule has 7 heteroatoms. The van der Waals surface area contributed by atoms with Crippen molar-refractivity contribution in [1.29, 1.82) is 0 Å². The highest BCUT2D eigenvalue weighted by molar-refractivity contribution is 5.84. The van der Waals surface area contributed by atoms with Crippen molar-refractivity contribution in [3.05, 3.63) is 35.9 Å². The predicted octanol–water partition coefficient (Wildman–Crippen LogP) is 1.09. The number of likely N-dealkylation sites (tertiary alicyclic amines) is 2. The van der Waals surface area contributed by atoms with Gasteiger partial charge in [-0.15, -0.1) is 0 Å². The number of benzene rings is 1. The quantitative estimate of drug-likeness (QED) is 0.836. The zero-order valence-electron chi connectivity index (χ0n) is 15.7. The van der Waals surface area contributed by atoms with Crippen molar-refractivity contribution >= 4 is 17.7 Å². The van der Waals surface area contributed by atoms with Crippen molar-refractivity contribution in [2.75, 3.05) is 33.3 Å². The number of hydrogen-bond donors (Lipinski definition) is 1. The van der Waals surface area contributed by atoms with E-state index in [0.29, 0.717) is 26.1 Å². The molecule has 2 aliphatic heterocycles. The Bertz CT molecular complexity index is 698. The fourth-order valence-corrected chi connectivity index (χ4v) is 4.22. The molecule has 1 spiro atoms. The molecular formula is C20H27N3O4. The van der Waals surface area contributed by atoms with Gasteiger partial charge >= 0.3 is 0 Å². The molecule has 1 aromatic rings. The maximum atomic E-state index is 12.9. The summed E-state index contributed by atoms with van der Waals surface area (Å²) in [7, 11) is 1.55. The average molecular weight is 373 g/mol. The van der Waals surface area contributed by atoms with Crippen LogP contribution < -0.4 is 5.73 Å². The number of nitrogens with two attached hydrogens (primary N) is 1. The van der Waals surface area contributed by atoms with E-state index in [4.69, 9.17) is 10.5 Å². The summed E-state index contributed by atoms with van der Waals surface area (Å²) < 4.78 is 5.47. The van der Waals surface area contributed by atoms with E-state index in [1.54, 1.807) is 12.0 Å². The average Bonchev–Trinajstić information content (AvgIpc) is 2.66. The van der Waals surface area contributed by atoms with Crippen LogP contribution in [0.1, 0.15) is 37.4 Å². The van der Waals surface area contributed by atoms with Crippen LogP contribution in [0.3, 0.4) is 0 Å². The summed E-state index contributed by atoms with van der Waals surface area (Å²) in [6, 6.07) is 9.49. The second kappa shape index (κ2) is 8.08. The molecule has 0 bridgehead atoms. The molecular weight excluding hydrogens is 346 g/mol. The molecule has 2 saturated heterocycles. The molecule has 2 N–H and O–H groups in total. The number of amides is 3. The van der Waals surface area contributed by atoms with Gasteiger partial charge in [0.2, 0.25) is 11.8 Å². The van der Waals surface area contributed by atoms with Gasteiger partial charge in [0.25, 0.3) is 5.91 Å². The topological polar surface area (TPSA) is 92.9 Å². The third-order valence-electron chi connectivity index (χ3n) is 5.79. The standard InChI is InChI=1S/C20H27N3O4/c1-27-18(15-5-3-2-4-6-15)19(26)22-11-9-20(10-12-22)8-7-17(25)23(14-20)13-16(21)24/h2-6,18H,7-14H2,1H3,(H2,21,24)/t18-/m0/s1. The normalized spacial score (nSPS) is 20.6. The fourth-order valence-electron chi connectivity index (χ4n) is 4.22. The molecule has 0 radical (unpaired) electrons. The van der Waals surface area contributed by atoms with Gasteiger partial charge in [0.15, 0.2) is 6.10 Å². The Kier molecular flexibility index (Phi) is 5.79. The van der Waals surface area contributed by atoms with Crippen molar-refractivity contribution < 1.29 is 19.1 Å². The first-order valence-corrected chi connectivity index (χ1v) is 9.37. The number of primary amides is 1. The maximum Gasteiger partial charge on any atom is 0.256 e. The molecule has 0 aliphatic carbocycles. The predicted molar refractivity (Wildman–Crippen MR) is 99.4 cm³/mol. The zero-order valence-corrected chi connectivity index (χ0v) is 15.7. The molecule has 1 atom stereocenters. The first kappa shape index (κ1) is 19.4. The Balaban J connectivity index is 1.63. The highest BCUT2D eigenvalue weighted by atomic mass is 16.5. The number of methoxy groups -OCH3 is 1. The van der Waals surface area contributed by atoms with Crippen molar-refractivity contribution in [3.63, 3.8) is 0 Å². The largest absolute Gasteiger partial charge is 0.368 e. The van der Waals surface area contributed by atoms with Gasteiger partial charge in [0.05, 0.1) is 6.54 Å². The Morgan fingerprint density at radius 1 is 1.19 bits per heavy atom. The smallest absolute Gasteiger partial charge is 0.256 e. The Labute approximate surface area is 159 Å². The summed E-state index contributed by atoms with van der Waals surface area (Å²) in [5, 5.41) is 0. The van der Waals surface area contributed by atoms with Gasteiger partial charge in [0.1, 0.15) is 0 Å². The van der Waals surface area contributed by atoms with E-state index < -0.39 is 12.0 Å². The van der Waals surface area contributed by atoms with E-state index in [9.17, 15) is 14.4 Å². The lowest BCUT2D eigenvalue weighted by Crippen LogP contribution is -2.54. The molecule has 146 valence electrons. The van der Waals surface area contributed by atoms with Gasteiger partial charge in [-0.1, -0.05) is 30.3 Å². The minimum absolute atomic E-state index is 0.0125. The first-order chi connectivity index (χ1) is 12.9. The summed E-state index contributed by atoms with van der Waals surface area (Å²) in [5.74, 6) is -0.528. The summed E-state index contributed by atoms with van der Waals surface area (Å²) in [6.07, 6.45) is 2.26. The number of ether oxygens (including phenoxy) is 1. The highest BCUT2D eigenvalue weighted by Crippen LogP contribution is 2.40. The molecule has 3 amide bonds. The van der Waals surface area contributed by atoms with Crippen LogP contribution >= 0.6 is 0 Å². The van der Waals surface area contributed by atoms with E-state index in [0.717, 1.165) is 24.8 Å². The van der Waals surface area contributed by atoms with Crippen LogP contribution in [0.25, 0.3) is 0 Å². The Hall–Kier alpha value is -2.41. The van der Waals surface area contributed by atoms with E-state index in [-0.39, 0.29) is 23.8 Å². The third kappa shape index (κ3) is 4.30. The number of piperidine rings is 2. The molecule has 2 fully saturated rings. The summed E-state index contributed by atoms with van der Waals surface area (Å²) in [5.41, 5.74) is 6.09. The summed E-state index contributed by atoms with van der Waals surface area (Å²) >= 11 is 0. The number of hydrogen-bond acceptors (Lipinski definition) is 4. The SMILES string of the molecule is CO[C@H](C(=O)N1CCC2(CCC(=O)N(CC(N)=O)C2)CC1)c1ccccc1. The first-order valence-electron chi connectivity index (χ1n) is 9.37. The summed E-state index contributed by atoms with van der Waals surface area (Å²) in [4.78, 5) is 39.6. The second-order valence-corrected chi connectivity index (χ2v) is 7.57. The number of carbonyl (C=O) groups is 3. The van der Waals surface area contributed by atoms with Gasteiger partial charge in [-0.05, 0) is 30.2 Å². The van der Waals surface area contributed by atoms with Crippen molar-refractivity contribution in [3.8, 4) is 0 Å². The van der Waals surface area contributed by atoms with Crippen LogP contribution in [0.15, 0.2) is 30.3 Å². The molecule has 3 rings (SSSR count). The zero-order chi connectivity index (χ0) is 19.4. The molecule has 2 aliphatic rings. The van der Waals surface area contributed by atoms with Crippen molar-refractivity contribution in [2.24, 2.45) is 11.1 Å². The monoisotopic (exact) mass is 373 g/mol. The van der Waals surface area contributed by atoms with Crippen molar-refractivity contribution in [2.45, 2.75) is 31.8 Å². The molecule has 0 unspecified atom stereocenters. The van der Waals surface area contributed by atoms with Crippen LogP contribution in [-0.2, 0) is 19.1 Å². The van der Waals surface area contributed by atoms with Gasteiger partial charge in [0, 0.05) is 33.2 Å². The van der Waals surface area contributed by atoms with Gasteiger partial charge in [-0.2, -0.15) is 0 Å². The van der Waals surface area contributed by atoms with E-state index >= 15 is 0 Å². The number of rotatable bonds is 5. The van der Waals surface area contributed by atoms with Gasteiger partial charge in [-0.25, -0.2) is 0 Å². The van der Waals surface area contributed by atoms with Crippen LogP contribution in [0.4, 0.5) is 0 Å². The third-order valence-corrected chi connectivity index (χ3v) is 5.79. The lowest BCUT2D eigenvalue weighted by molar-refractivity contribution is -0.149. The number of carbonyl (C=O) groups excluding carboxylic acids is 3. The highest BCUT2D eigenvalue weighted by Gasteiger charge is 2.42.